The number of benzene rings is 2. The maximum Gasteiger partial charge on any atom is 0.250 e. The molecule has 2 aromatic carbocycles. The van der Waals surface area contributed by atoms with Crippen molar-refractivity contribution in [2.75, 3.05) is 10.6 Å². The average Bonchev–Trinajstić information content (AvgIpc) is 2.82. The predicted molar refractivity (Wildman–Crippen MR) is 112 cm³/mol. The smallest absolute Gasteiger partial charge is 0.250 e. The number of nitrogens with two attached hydrogens (primary N) is 2. The number of rotatable bonds is 2. The topological polar surface area (TPSA) is 89.4 Å². The van der Waals surface area contributed by atoms with Gasteiger partial charge in [-0.05, 0) is 48.9 Å². The molecule has 1 aliphatic heterocycles. The van der Waals surface area contributed by atoms with Gasteiger partial charge in [-0.1, -0.05) is 49.6 Å². The summed E-state index contributed by atoms with van der Waals surface area (Å²) in [5.41, 5.74) is 16.3. The monoisotopic (exact) mass is 377 g/mol. The van der Waals surface area contributed by atoms with Crippen LogP contribution < -0.4 is 16.4 Å². The van der Waals surface area contributed by atoms with Crippen LogP contribution in [0.5, 0.6) is 0 Å². The number of anilines is 2. The van der Waals surface area contributed by atoms with Crippen molar-refractivity contribution in [1.29, 1.82) is 0 Å². The summed E-state index contributed by atoms with van der Waals surface area (Å²) in [4.78, 5) is 28.2. The van der Waals surface area contributed by atoms with Gasteiger partial charge in [-0.2, -0.15) is 0 Å². The lowest BCUT2D eigenvalue weighted by atomic mass is 9.83. The van der Waals surface area contributed by atoms with Crippen LogP contribution in [0.15, 0.2) is 42.5 Å². The molecule has 146 valence electrons. The average molecular weight is 377 g/mol. The Hall–Kier alpha value is -2.66. The zero-order valence-corrected chi connectivity index (χ0v) is 16.2. The number of hydrogen-bond donors (Lipinski definition) is 2. The highest BCUT2D eigenvalue weighted by molar-refractivity contribution is 6.22. The van der Waals surface area contributed by atoms with Crippen molar-refractivity contribution in [2.24, 2.45) is 11.7 Å². The Morgan fingerprint density at radius 3 is 2.54 bits per heavy atom. The predicted octanol–water partition coefficient (Wildman–Crippen LogP) is 3.82. The fraction of sp³-hybridized carbons (Fsp3) is 0.391. The van der Waals surface area contributed by atoms with Crippen LogP contribution in [0.2, 0.25) is 0 Å². The van der Waals surface area contributed by atoms with E-state index in [0.29, 0.717) is 11.4 Å². The summed E-state index contributed by atoms with van der Waals surface area (Å²) >= 11 is 0. The van der Waals surface area contributed by atoms with Crippen molar-refractivity contribution >= 4 is 23.2 Å². The molecule has 4 N–H and O–H groups in total. The molecular formula is C23H27N3O2. The minimum atomic E-state index is -0.674. The van der Waals surface area contributed by atoms with E-state index >= 15 is 0 Å². The molecule has 2 aliphatic rings. The first-order valence-electron chi connectivity index (χ1n) is 10.1. The lowest BCUT2D eigenvalue weighted by Crippen LogP contribution is -2.51. The summed E-state index contributed by atoms with van der Waals surface area (Å²) in [6, 6.07) is 12.4. The number of nitrogen functional groups attached to an aromatic ring is 1. The molecule has 0 saturated heterocycles. The van der Waals surface area contributed by atoms with Crippen LogP contribution >= 0.6 is 0 Å². The second-order valence-electron chi connectivity index (χ2n) is 7.99. The van der Waals surface area contributed by atoms with Crippen LogP contribution in [0.25, 0.3) is 11.1 Å². The van der Waals surface area contributed by atoms with Crippen LogP contribution in [0.4, 0.5) is 11.4 Å². The summed E-state index contributed by atoms with van der Waals surface area (Å²) in [7, 11) is 0. The summed E-state index contributed by atoms with van der Waals surface area (Å²) in [6.45, 7) is 1.84. The number of imide groups is 1. The molecule has 1 heterocycles. The fourth-order valence-corrected chi connectivity index (χ4v) is 4.66. The minimum Gasteiger partial charge on any atom is -0.398 e. The molecule has 0 spiro atoms. The Morgan fingerprint density at radius 1 is 1.07 bits per heavy atom. The molecular weight excluding hydrogens is 350 g/mol. The zero-order chi connectivity index (χ0) is 19.8. The van der Waals surface area contributed by atoms with Crippen LogP contribution in [0.3, 0.4) is 0 Å². The highest BCUT2D eigenvalue weighted by Crippen LogP contribution is 2.44. The van der Waals surface area contributed by atoms with Gasteiger partial charge in [-0.25, -0.2) is 4.90 Å². The molecule has 5 nitrogen and oxygen atoms in total. The molecule has 0 bridgehead atoms. The largest absolute Gasteiger partial charge is 0.398 e. The second kappa shape index (κ2) is 7.40. The van der Waals surface area contributed by atoms with Gasteiger partial charge in [-0.15, -0.1) is 0 Å². The van der Waals surface area contributed by atoms with E-state index in [1.54, 1.807) is 18.2 Å². The van der Waals surface area contributed by atoms with Crippen molar-refractivity contribution in [1.82, 2.24) is 0 Å². The maximum atomic E-state index is 13.5. The van der Waals surface area contributed by atoms with Crippen molar-refractivity contribution in [3.8, 4) is 11.1 Å². The van der Waals surface area contributed by atoms with Crippen molar-refractivity contribution in [3.05, 3.63) is 48.0 Å². The summed E-state index contributed by atoms with van der Waals surface area (Å²) in [5.74, 6) is -0.888. The Labute approximate surface area is 165 Å². The first-order chi connectivity index (χ1) is 13.5. The summed E-state index contributed by atoms with van der Waals surface area (Å²) < 4.78 is 0. The van der Waals surface area contributed by atoms with Crippen LogP contribution in [0, 0.1) is 5.92 Å². The molecule has 4 rings (SSSR count). The first-order valence-corrected chi connectivity index (χ1v) is 10.1. The standard InChI is InChI=1S/C23H27N3O2/c1-14-16-10-5-6-11-17(16)20-18(24)12-7-13-19(20)26(22(14)27)23(28)21(25)15-8-3-2-4-9-15/h5-7,10-15,21H,2-4,8-9,24-25H2,1H3/t14?,21-/m0/s1. The van der Waals surface area contributed by atoms with E-state index in [9.17, 15) is 9.59 Å². The molecule has 1 fully saturated rings. The molecule has 2 amide bonds. The van der Waals surface area contributed by atoms with Gasteiger partial charge in [0.2, 0.25) is 5.91 Å². The summed E-state index contributed by atoms with van der Waals surface area (Å²) in [6.07, 6.45) is 5.24. The van der Waals surface area contributed by atoms with E-state index in [1.165, 1.54) is 11.3 Å². The summed E-state index contributed by atoms with van der Waals surface area (Å²) in [5, 5.41) is 0. The molecule has 1 saturated carbocycles. The van der Waals surface area contributed by atoms with E-state index in [4.69, 9.17) is 11.5 Å². The second-order valence-corrected chi connectivity index (χ2v) is 7.99. The van der Waals surface area contributed by atoms with Crippen LogP contribution in [-0.4, -0.2) is 17.9 Å². The number of amides is 2. The van der Waals surface area contributed by atoms with E-state index < -0.39 is 12.0 Å². The first kappa shape index (κ1) is 18.7. The molecule has 28 heavy (non-hydrogen) atoms. The Bertz CT molecular complexity index is 918. The van der Waals surface area contributed by atoms with Crippen molar-refractivity contribution < 1.29 is 9.59 Å². The van der Waals surface area contributed by atoms with Crippen molar-refractivity contribution in [3.63, 3.8) is 0 Å². The molecule has 0 radical (unpaired) electrons. The van der Waals surface area contributed by atoms with E-state index in [1.807, 2.05) is 31.2 Å². The Balaban J connectivity index is 1.83. The van der Waals surface area contributed by atoms with Crippen molar-refractivity contribution in [2.45, 2.75) is 51.0 Å². The quantitative estimate of drug-likeness (QED) is 0.779. The molecule has 2 aromatic rings. The zero-order valence-electron chi connectivity index (χ0n) is 16.2. The van der Waals surface area contributed by atoms with Gasteiger partial charge in [0.05, 0.1) is 17.6 Å². The SMILES string of the molecule is CC1C(=O)N(C(=O)[C@@H](N)C2CCCCC2)c2cccc(N)c2-c2ccccc21. The van der Waals surface area contributed by atoms with Crippen LogP contribution in [-0.2, 0) is 9.59 Å². The van der Waals surface area contributed by atoms with Gasteiger partial charge in [-0.3, -0.25) is 9.59 Å². The van der Waals surface area contributed by atoms with Gasteiger partial charge in [0, 0.05) is 11.3 Å². The van der Waals surface area contributed by atoms with Gasteiger partial charge in [0.25, 0.3) is 5.91 Å². The van der Waals surface area contributed by atoms with E-state index in [0.717, 1.165) is 42.4 Å². The minimum absolute atomic E-state index is 0.125. The third kappa shape index (κ3) is 3.00. The molecule has 1 aliphatic carbocycles. The van der Waals surface area contributed by atoms with Gasteiger partial charge >= 0.3 is 0 Å². The number of carbonyl (C=O) groups excluding carboxylic acids is 2. The van der Waals surface area contributed by atoms with E-state index in [2.05, 4.69) is 0 Å². The molecule has 2 atom stereocenters. The van der Waals surface area contributed by atoms with Gasteiger partial charge in [0.15, 0.2) is 0 Å². The molecule has 0 aromatic heterocycles. The number of fused-ring (bicyclic) bond motifs is 3. The fourth-order valence-electron chi connectivity index (χ4n) is 4.66. The van der Waals surface area contributed by atoms with Gasteiger partial charge in [0.1, 0.15) is 0 Å². The highest BCUT2D eigenvalue weighted by atomic mass is 16.2. The number of nitrogens with zero attached hydrogens (tertiary/aromatic N) is 1. The molecule has 5 heteroatoms. The Morgan fingerprint density at radius 2 is 1.79 bits per heavy atom. The molecule has 1 unspecified atom stereocenters. The highest BCUT2D eigenvalue weighted by Gasteiger charge is 2.39. The lowest BCUT2D eigenvalue weighted by Gasteiger charge is -2.31. The lowest BCUT2D eigenvalue weighted by molar-refractivity contribution is -0.128. The number of carbonyl (C=O) groups is 2. The number of hydrogen-bond acceptors (Lipinski definition) is 4. The maximum absolute atomic E-state index is 13.5. The van der Waals surface area contributed by atoms with Gasteiger partial charge < -0.3 is 11.5 Å². The third-order valence-corrected chi connectivity index (χ3v) is 6.27. The van der Waals surface area contributed by atoms with E-state index in [-0.39, 0.29) is 17.7 Å². The third-order valence-electron chi connectivity index (χ3n) is 6.27. The van der Waals surface area contributed by atoms with Crippen LogP contribution in [0.1, 0.15) is 50.5 Å². The normalized spacial score (nSPS) is 20.9. The Kier molecular flexibility index (Phi) is 4.94.